The predicted octanol–water partition coefficient (Wildman–Crippen LogP) is 2.95. The summed E-state index contributed by atoms with van der Waals surface area (Å²) in [6.45, 7) is 2.37. The van der Waals surface area contributed by atoms with Gasteiger partial charge >= 0.3 is 0 Å². The molecule has 1 aliphatic heterocycles. The van der Waals surface area contributed by atoms with Gasteiger partial charge < -0.3 is 4.74 Å². The number of carbonyl (C=O) groups is 1. The minimum atomic E-state index is -1.24. The molecule has 0 bridgehead atoms. The topological polar surface area (TPSA) is 26.3 Å². The second-order valence-electron chi connectivity index (χ2n) is 4.74. The summed E-state index contributed by atoms with van der Waals surface area (Å²) < 4.78 is 19.5. The van der Waals surface area contributed by atoms with Crippen LogP contribution in [0.25, 0.3) is 0 Å². The molecule has 1 heterocycles. The molecule has 1 aromatic rings. The number of hydrogen-bond donors (Lipinski definition) is 0. The fraction of sp³-hybridized carbons (Fsp3) is 0.500. The number of ether oxygens (including phenoxy) is 1. The average molecular weight is 236 g/mol. The Hall–Kier alpha value is -1.22. The van der Waals surface area contributed by atoms with Crippen molar-refractivity contribution in [3.05, 3.63) is 35.4 Å². The van der Waals surface area contributed by atoms with E-state index < -0.39 is 5.67 Å². The maximum Gasteiger partial charge on any atom is 0.159 e. The molecule has 1 aliphatic rings. The number of ketones is 1. The van der Waals surface area contributed by atoms with Crippen LogP contribution in [0, 0.1) is 0 Å². The average Bonchev–Trinajstić information content (AvgIpc) is 2.30. The van der Waals surface area contributed by atoms with Gasteiger partial charge in [-0.3, -0.25) is 4.79 Å². The van der Waals surface area contributed by atoms with Crippen LogP contribution in [-0.2, 0) is 11.2 Å². The SMILES string of the molecule is CC(=O)c1ccc(CC2(F)CCCOC2)cc1. The molecule has 0 N–H and O–H groups in total. The van der Waals surface area contributed by atoms with E-state index in [9.17, 15) is 9.18 Å². The van der Waals surface area contributed by atoms with Crippen LogP contribution < -0.4 is 0 Å². The number of hydrogen-bond acceptors (Lipinski definition) is 2. The van der Waals surface area contributed by atoms with Crippen LogP contribution >= 0.6 is 0 Å². The highest BCUT2D eigenvalue weighted by atomic mass is 19.1. The van der Waals surface area contributed by atoms with Gasteiger partial charge in [0.05, 0.1) is 6.61 Å². The Labute approximate surface area is 101 Å². The van der Waals surface area contributed by atoms with Crippen molar-refractivity contribution in [2.24, 2.45) is 0 Å². The quantitative estimate of drug-likeness (QED) is 0.754. The molecule has 0 saturated carbocycles. The maximum absolute atomic E-state index is 14.3. The Balaban J connectivity index is 2.05. The second kappa shape index (κ2) is 4.96. The third-order valence-corrected chi connectivity index (χ3v) is 3.16. The van der Waals surface area contributed by atoms with Gasteiger partial charge in [0.25, 0.3) is 0 Å². The van der Waals surface area contributed by atoms with Crippen LogP contribution in [0.3, 0.4) is 0 Å². The van der Waals surface area contributed by atoms with Crippen molar-refractivity contribution < 1.29 is 13.9 Å². The van der Waals surface area contributed by atoms with Crippen LogP contribution in [0.2, 0.25) is 0 Å². The van der Waals surface area contributed by atoms with Crippen LogP contribution in [0.4, 0.5) is 4.39 Å². The number of halogens is 1. The van der Waals surface area contributed by atoms with Gasteiger partial charge in [0.1, 0.15) is 5.67 Å². The lowest BCUT2D eigenvalue weighted by Crippen LogP contribution is -2.36. The lowest BCUT2D eigenvalue weighted by atomic mass is 9.90. The minimum Gasteiger partial charge on any atom is -0.378 e. The lowest BCUT2D eigenvalue weighted by molar-refractivity contribution is -0.0308. The molecule has 3 heteroatoms. The normalized spacial score (nSPS) is 24.6. The highest BCUT2D eigenvalue weighted by molar-refractivity contribution is 5.93. The molecular formula is C14H17FO2. The number of carbonyl (C=O) groups excluding carboxylic acids is 1. The Kier molecular flexibility index (Phi) is 3.57. The zero-order valence-electron chi connectivity index (χ0n) is 10.0. The van der Waals surface area contributed by atoms with E-state index in [4.69, 9.17) is 4.74 Å². The molecule has 0 aliphatic carbocycles. The summed E-state index contributed by atoms with van der Waals surface area (Å²) in [5.74, 6) is 0.0347. The summed E-state index contributed by atoms with van der Waals surface area (Å²) in [5.41, 5.74) is 0.347. The lowest BCUT2D eigenvalue weighted by Gasteiger charge is -2.29. The fourth-order valence-electron chi connectivity index (χ4n) is 2.18. The molecule has 1 aromatic carbocycles. The smallest absolute Gasteiger partial charge is 0.159 e. The first-order valence-corrected chi connectivity index (χ1v) is 5.96. The Morgan fingerprint density at radius 1 is 1.41 bits per heavy atom. The van der Waals surface area contributed by atoms with Crippen molar-refractivity contribution in [2.75, 3.05) is 13.2 Å². The molecule has 17 heavy (non-hydrogen) atoms. The van der Waals surface area contributed by atoms with Gasteiger partial charge in [-0.15, -0.1) is 0 Å². The Bertz CT molecular complexity index is 391. The van der Waals surface area contributed by atoms with Gasteiger partial charge in [-0.25, -0.2) is 4.39 Å². The van der Waals surface area contributed by atoms with E-state index in [2.05, 4.69) is 0 Å². The van der Waals surface area contributed by atoms with Gasteiger partial charge in [-0.05, 0) is 25.3 Å². The van der Waals surface area contributed by atoms with Gasteiger partial charge in [0, 0.05) is 18.6 Å². The van der Waals surface area contributed by atoms with Gasteiger partial charge in [-0.1, -0.05) is 24.3 Å². The zero-order chi connectivity index (χ0) is 12.3. The van der Waals surface area contributed by atoms with E-state index in [-0.39, 0.29) is 12.4 Å². The van der Waals surface area contributed by atoms with Crippen molar-refractivity contribution in [2.45, 2.75) is 31.9 Å². The predicted molar refractivity (Wildman–Crippen MR) is 64.0 cm³/mol. The van der Waals surface area contributed by atoms with Crippen LogP contribution in [0.5, 0.6) is 0 Å². The molecule has 92 valence electrons. The van der Waals surface area contributed by atoms with Crippen LogP contribution in [0.15, 0.2) is 24.3 Å². The maximum atomic E-state index is 14.3. The number of alkyl halides is 1. The first-order valence-electron chi connectivity index (χ1n) is 5.96. The van der Waals surface area contributed by atoms with E-state index in [0.29, 0.717) is 25.0 Å². The summed E-state index contributed by atoms with van der Waals surface area (Å²) >= 11 is 0. The van der Waals surface area contributed by atoms with Crippen LogP contribution in [0.1, 0.15) is 35.7 Å². The van der Waals surface area contributed by atoms with E-state index in [1.165, 1.54) is 6.92 Å². The molecule has 0 spiro atoms. The van der Waals surface area contributed by atoms with Gasteiger partial charge in [0.2, 0.25) is 0 Å². The molecule has 0 radical (unpaired) electrons. The monoisotopic (exact) mass is 236 g/mol. The van der Waals surface area contributed by atoms with E-state index in [1.54, 1.807) is 12.1 Å². The summed E-state index contributed by atoms with van der Waals surface area (Å²) in [6.07, 6.45) is 1.70. The fourth-order valence-corrected chi connectivity index (χ4v) is 2.18. The van der Waals surface area contributed by atoms with E-state index in [0.717, 1.165) is 12.0 Å². The molecule has 1 fully saturated rings. The summed E-state index contributed by atoms with van der Waals surface area (Å²) in [7, 11) is 0. The first kappa shape index (κ1) is 12.2. The first-order chi connectivity index (χ1) is 8.09. The van der Waals surface area contributed by atoms with E-state index in [1.807, 2.05) is 12.1 Å². The molecule has 2 rings (SSSR count). The van der Waals surface area contributed by atoms with Crippen molar-refractivity contribution in [1.82, 2.24) is 0 Å². The molecule has 0 amide bonds. The number of Topliss-reactive ketones (excluding diaryl/α,β-unsaturated/α-hetero) is 1. The highest BCUT2D eigenvalue weighted by Crippen LogP contribution is 2.27. The van der Waals surface area contributed by atoms with Gasteiger partial charge in [-0.2, -0.15) is 0 Å². The molecule has 1 unspecified atom stereocenters. The third-order valence-electron chi connectivity index (χ3n) is 3.16. The standard InChI is InChI=1S/C14H17FO2/c1-11(16)13-5-3-12(4-6-13)9-14(15)7-2-8-17-10-14/h3-6H,2,7-10H2,1H3. The Morgan fingerprint density at radius 3 is 2.65 bits per heavy atom. The summed E-state index contributed by atoms with van der Waals surface area (Å²) in [4.78, 5) is 11.1. The number of rotatable bonds is 3. The van der Waals surface area contributed by atoms with E-state index >= 15 is 0 Å². The number of benzene rings is 1. The third kappa shape index (κ3) is 3.13. The summed E-state index contributed by atoms with van der Waals surface area (Å²) in [6, 6.07) is 7.16. The zero-order valence-corrected chi connectivity index (χ0v) is 10.0. The Morgan fingerprint density at radius 2 is 2.12 bits per heavy atom. The minimum absolute atomic E-state index is 0.0347. The van der Waals surface area contributed by atoms with Gasteiger partial charge in [0.15, 0.2) is 5.78 Å². The largest absolute Gasteiger partial charge is 0.378 e. The molecule has 2 nitrogen and oxygen atoms in total. The van der Waals surface area contributed by atoms with Crippen molar-refractivity contribution in [3.63, 3.8) is 0 Å². The van der Waals surface area contributed by atoms with Crippen molar-refractivity contribution >= 4 is 5.78 Å². The molecule has 0 aromatic heterocycles. The summed E-state index contributed by atoms with van der Waals surface area (Å²) in [5, 5.41) is 0. The van der Waals surface area contributed by atoms with Crippen molar-refractivity contribution in [1.29, 1.82) is 0 Å². The molecule has 1 atom stereocenters. The second-order valence-corrected chi connectivity index (χ2v) is 4.74. The highest BCUT2D eigenvalue weighted by Gasteiger charge is 2.32. The van der Waals surface area contributed by atoms with Crippen molar-refractivity contribution in [3.8, 4) is 0 Å². The molecular weight excluding hydrogens is 219 g/mol. The molecule has 1 saturated heterocycles. The van der Waals surface area contributed by atoms with Crippen LogP contribution in [-0.4, -0.2) is 24.7 Å².